The molecular formula is C14H27NO2. The molecule has 3 nitrogen and oxygen atoms in total. The topological polar surface area (TPSA) is 38.3 Å². The summed E-state index contributed by atoms with van der Waals surface area (Å²) in [6, 6.07) is 0.288. The van der Waals surface area contributed by atoms with E-state index in [0.29, 0.717) is 12.6 Å². The van der Waals surface area contributed by atoms with Gasteiger partial charge in [0.05, 0.1) is 6.61 Å². The molecule has 0 aromatic heterocycles. The van der Waals surface area contributed by atoms with Crippen molar-refractivity contribution in [2.24, 2.45) is 5.92 Å². The molecule has 1 N–H and O–H groups in total. The molecule has 0 saturated heterocycles. The fraction of sp³-hybridized carbons (Fsp3) is 0.929. The monoisotopic (exact) mass is 241 g/mol. The molecule has 1 aliphatic carbocycles. The lowest BCUT2D eigenvalue weighted by Gasteiger charge is -2.30. The van der Waals surface area contributed by atoms with E-state index >= 15 is 0 Å². The first-order valence-corrected chi connectivity index (χ1v) is 7.11. The Labute approximate surface area is 105 Å². The molecule has 1 fully saturated rings. The Balaban J connectivity index is 2.40. The fourth-order valence-corrected chi connectivity index (χ4v) is 2.68. The second-order valence-corrected chi connectivity index (χ2v) is 5.07. The van der Waals surface area contributed by atoms with Crippen LogP contribution in [-0.2, 0) is 9.53 Å². The summed E-state index contributed by atoms with van der Waals surface area (Å²) < 4.78 is 5.08. The van der Waals surface area contributed by atoms with Crippen molar-refractivity contribution in [2.45, 2.75) is 71.4 Å². The lowest BCUT2D eigenvalue weighted by Crippen LogP contribution is -2.46. The largest absolute Gasteiger partial charge is 0.465 e. The van der Waals surface area contributed by atoms with Crippen LogP contribution in [0.15, 0.2) is 0 Å². The highest BCUT2D eigenvalue weighted by atomic mass is 16.5. The maximum Gasteiger partial charge on any atom is 0.323 e. The molecule has 0 aromatic rings. The number of ether oxygens (including phenoxy) is 1. The van der Waals surface area contributed by atoms with E-state index in [1.807, 2.05) is 13.8 Å². The van der Waals surface area contributed by atoms with Crippen molar-refractivity contribution >= 4 is 5.97 Å². The summed E-state index contributed by atoms with van der Waals surface area (Å²) in [4.78, 5) is 11.7. The molecule has 0 aromatic carbocycles. The predicted molar refractivity (Wildman–Crippen MR) is 69.9 cm³/mol. The Bertz CT molecular complexity index is 224. The normalized spacial score (nSPS) is 20.9. The van der Waals surface area contributed by atoms with Crippen LogP contribution in [0.25, 0.3) is 0 Å². The molecule has 1 rings (SSSR count). The highest BCUT2D eigenvalue weighted by Crippen LogP contribution is 2.26. The number of nitrogens with one attached hydrogen (secondary N) is 1. The first kappa shape index (κ1) is 14.5. The molecule has 0 amide bonds. The van der Waals surface area contributed by atoms with Crippen LogP contribution >= 0.6 is 0 Å². The van der Waals surface area contributed by atoms with Gasteiger partial charge in [-0.05, 0) is 39.0 Å². The Kier molecular flexibility index (Phi) is 6.56. The molecule has 0 spiro atoms. The van der Waals surface area contributed by atoms with E-state index in [1.165, 1.54) is 32.1 Å². The van der Waals surface area contributed by atoms with Gasteiger partial charge in [-0.3, -0.25) is 4.79 Å². The van der Waals surface area contributed by atoms with Crippen LogP contribution in [0.5, 0.6) is 0 Å². The summed E-state index contributed by atoms with van der Waals surface area (Å²) >= 11 is 0. The molecule has 2 unspecified atom stereocenters. The zero-order valence-corrected chi connectivity index (χ0v) is 11.5. The minimum atomic E-state index is -0.133. The molecule has 0 radical (unpaired) electrons. The maximum absolute atomic E-state index is 11.7. The van der Waals surface area contributed by atoms with Crippen LogP contribution in [-0.4, -0.2) is 24.7 Å². The van der Waals surface area contributed by atoms with E-state index in [0.717, 1.165) is 12.3 Å². The molecule has 3 heteroatoms. The van der Waals surface area contributed by atoms with Gasteiger partial charge >= 0.3 is 5.97 Å². The number of rotatable bonds is 6. The summed E-state index contributed by atoms with van der Waals surface area (Å²) in [6.07, 6.45) is 7.45. The van der Waals surface area contributed by atoms with E-state index in [-0.39, 0.29) is 12.0 Å². The number of carbonyl (C=O) groups is 1. The third-order valence-electron chi connectivity index (χ3n) is 3.80. The standard InChI is InChI=1S/C14H27NO2/c1-4-13(14(16)17-5-2)15-11(3)12-9-7-6-8-10-12/h11-13,15H,4-10H2,1-3H3. The Morgan fingerprint density at radius 3 is 2.47 bits per heavy atom. The number of carbonyl (C=O) groups excluding carboxylic acids is 1. The number of esters is 1. The van der Waals surface area contributed by atoms with Crippen LogP contribution < -0.4 is 5.32 Å². The smallest absolute Gasteiger partial charge is 0.323 e. The van der Waals surface area contributed by atoms with Gasteiger partial charge in [-0.15, -0.1) is 0 Å². The van der Waals surface area contributed by atoms with Gasteiger partial charge in [0.1, 0.15) is 6.04 Å². The van der Waals surface area contributed by atoms with E-state index < -0.39 is 0 Å². The van der Waals surface area contributed by atoms with Gasteiger partial charge in [0, 0.05) is 6.04 Å². The van der Waals surface area contributed by atoms with Crippen molar-refractivity contribution in [3.8, 4) is 0 Å². The van der Waals surface area contributed by atoms with E-state index in [4.69, 9.17) is 4.74 Å². The summed E-state index contributed by atoms with van der Waals surface area (Å²) in [5.41, 5.74) is 0. The van der Waals surface area contributed by atoms with E-state index in [1.54, 1.807) is 0 Å². The lowest BCUT2D eigenvalue weighted by atomic mass is 9.84. The molecule has 0 bridgehead atoms. The second kappa shape index (κ2) is 7.70. The molecular weight excluding hydrogens is 214 g/mol. The molecule has 17 heavy (non-hydrogen) atoms. The minimum absolute atomic E-state index is 0.0994. The van der Waals surface area contributed by atoms with E-state index in [2.05, 4.69) is 12.2 Å². The van der Waals surface area contributed by atoms with E-state index in [9.17, 15) is 4.79 Å². The Morgan fingerprint density at radius 2 is 1.94 bits per heavy atom. The maximum atomic E-state index is 11.7. The van der Waals surface area contributed by atoms with Crippen molar-refractivity contribution in [3.63, 3.8) is 0 Å². The van der Waals surface area contributed by atoms with Gasteiger partial charge in [0.15, 0.2) is 0 Å². The Morgan fingerprint density at radius 1 is 1.29 bits per heavy atom. The summed E-state index contributed by atoms with van der Waals surface area (Å²) in [5, 5.41) is 3.45. The first-order chi connectivity index (χ1) is 8.19. The van der Waals surface area contributed by atoms with Crippen LogP contribution in [0.1, 0.15) is 59.3 Å². The minimum Gasteiger partial charge on any atom is -0.465 e. The number of hydrogen-bond donors (Lipinski definition) is 1. The predicted octanol–water partition coefficient (Wildman–Crippen LogP) is 2.89. The SMILES string of the molecule is CCOC(=O)C(CC)NC(C)C1CCCCC1. The highest BCUT2D eigenvalue weighted by molar-refractivity contribution is 5.75. The molecule has 2 atom stereocenters. The zero-order chi connectivity index (χ0) is 12.7. The van der Waals surface area contributed by atoms with Gasteiger partial charge in [-0.25, -0.2) is 0 Å². The molecule has 1 aliphatic rings. The van der Waals surface area contributed by atoms with Gasteiger partial charge in [0.2, 0.25) is 0 Å². The third-order valence-corrected chi connectivity index (χ3v) is 3.80. The van der Waals surface area contributed by atoms with Gasteiger partial charge in [0.25, 0.3) is 0 Å². The van der Waals surface area contributed by atoms with Gasteiger partial charge in [-0.2, -0.15) is 0 Å². The lowest BCUT2D eigenvalue weighted by molar-refractivity contribution is -0.146. The quantitative estimate of drug-likeness (QED) is 0.727. The van der Waals surface area contributed by atoms with Gasteiger partial charge in [-0.1, -0.05) is 26.2 Å². The zero-order valence-electron chi connectivity index (χ0n) is 11.5. The second-order valence-electron chi connectivity index (χ2n) is 5.07. The number of hydrogen-bond acceptors (Lipinski definition) is 3. The third kappa shape index (κ3) is 4.66. The highest BCUT2D eigenvalue weighted by Gasteiger charge is 2.25. The summed E-state index contributed by atoms with van der Waals surface area (Å²) in [6.45, 7) is 6.56. The molecule has 1 saturated carbocycles. The average Bonchev–Trinajstić information content (AvgIpc) is 2.37. The van der Waals surface area contributed by atoms with Crippen molar-refractivity contribution < 1.29 is 9.53 Å². The van der Waals surface area contributed by atoms with Gasteiger partial charge < -0.3 is 10.1 Å². The summed E-state index contributed by atoms with van der Waals surface area (Å²) in [5.74, 6) is 0.630. The van der Waals surface area contributed by atoms with Crippen molar-refractivity contribution in [1.29, 1.82) is 0 Å². The molecule has 0 heterocycles. The first-order valence-electron chi connectivity index (χ1n) is 7.11. The average molecular weight is 241 g/mol. The van der Waals surface area contributed by atoms with Crippen LogP contribution in [0.2, 0.25) is 0 Å². The van der Waals surface area contributed by atoms with Crippen molar-refractivity contribution in [3.05, 3.63) is 0 Å². The molecule has 100 valence electrons. The fourth-order valence-electron chi connectivity index (χ4n) is 2.68. The molecule has 0 aliphatic heterocycles. The van der Waals surface area contributed by atoms with Crippen molar-refractivity contribution in [2.75, 3.05) is 6.61 Å². The van der Waals surface area contributed by atoms with Crippen LogP contribution in [0, 0.1) is 5.92 Å². The Hall–Kier alpha value is -0.570. The van der Waals surface area contributed by atoms with Crippen LogP contribution in [0.3, 0.4) is 0 Å². The van der Waals surface area contributed by atoms with Crippen molar-refractivity contribution in [1.82, 2.24) is 5.32 Å². The summed E-state index contributed by atoms with van der Waals surface area (Å²) in [7, 11) is 0. The van der Waals surface area contributed by atoms with Crippen LogP contribution in [0.4, 0.5) is 0 Å².